The SMILES string of the molecule is CC(C)n1cc(COc2ccc(Br)c3c2[C@@H](CN2C(=O)c4ccccc4C2=O)N(C(=O)OC(C)(C)C)CC3)nn1. The molecule has 2 aliphatic rings. The van der Waals surface area contributed by atoms with E-state index < -0.39 is 17.7 Å². The highest BCUT2D eigenvalue weighted by molar-refractivity contribution is 9.10. The van der Waals surface area contributed by atoms with Crippen LogP contribution in [0.2, 0.25) is 0 Å². The number of carbonyl (C=O) groups is 3. The molecule has 2 aromatic carbocycles. The van der Waals surface area contributed by atoms with Gasteiger partial charge in [-0.05, 0) is 70.9 Å². The smallest absolute Gasteiger partial charge is 0.410 e. The van der Waals surface area contributed by atoms with Crippen LogP contribution in [0.1, 0.15) is 84.2 Å². The predicted molar refractivity (Wildman–Crippen MR) is 150 cm³/mol. The van der Waals surface area contributed by atoms with Crippen molar-refractivity contribution in [3.05, 3.63) is 75.0 Å². The largest absolute Gasteiger partial charge is 0.487 e. The van der Waals surface area contributed by atoms with Gasteiger partial charge in [-0.2, -0.15) is 0 Å². The number of hydrogen-bond donors (Lipinski definition) is 0. The van der Waals surface area contributed by atoms with E-state index in [9.17, 15) is 14.4 Å². The summed E-state index contributed by atoms with van der Waals surface area (Å²) in [5, 5.41) is 8.35. The molecule has 3 heterocycles. The second kappa shape index (κ2) is 10.7. The van der Waals surface area contributed by atoms with Gasteiger partial charge in [0.2, 0.25) is 0 Å². The summed E-state index contributed by atoms with van der Waals surface area (Å²) in [6.07, 6.45) is 1.85. The van der Waals surface area contributed by atoms with Gasteiger partial charge in [0.05, 0.1) is 29.9 Å². The fraction of sp³-hybridized carbons (Fsp3) is 0.414. The molecule has 3 amide bonds. The van der Waals surface area contributed by atoms with Gasteiger partial charge < -0.3 is 9.47 Å². The maximum absolute atomic E-state index is 13.5. The number of halogens is 1. The van der Waals surface area contributed by atoms with E-state index in [1.165, 1.54) is 4.90 Å². The lowest BCUT2D eigenvalue weighted by molar-refractivity contribution is 0.00946. The minimum atomic E-state index is -0.726. The van der Waals surface area contributed by atoms with Gasteiger partial charge in [-0.25, -0.2) is 9.48 Å². The Kier molecular flexibility index (Phi) is 7.43. The number of rotatable bonds is 6. The van der Waals surface area contributed by atoms with Crippen molar-refractivity contribution in [2.75, 3.05) is 13.1 Å². The van der Waals surface area contributed by atoms with Crippen LogP contribution in [0.25, 0.3) is 0 Å². The van der Waals surface area contributed by atoms with Gasteiger partial charge in [-0.15, -0.1) is 5.10 Å². The van der Waals surface area contributed by atoms with Gasteiger partial charge in [-0.1, -0.05) is 33.3 Å². The van der Waals surface area contributed by atoms with Gasteiger partial charge in [0.25, 0.3) is 11.8 Å². The van der Waals surface area contributed by atoms with Gasteiger partial charge in [0, 0.05) is 22.6 Å². The van der Waals surface area contributed by atoms with Crippen molar-refractivity contribution in [3.8, 4) is 5.75 Å². The molecule has 0 fully saturated rings. The van der Waals surface area contributed by atoms with E-state index >= 15 is 0 Å². The summed E-state index contributed by atoms with van der Waals surface area (Å²) in [6.45, 7) is 9.90. The Labute approximate surface area is 241 Å². The normalized spacial score (nSPS) is 16.8. The van der Waals surface area contributed by atoms with E-state index in [1.54, 1.807) is 54.6 Å². The average molecular weight is 611 g/mol. The van der Waals surface area contributed by atoms with Gasteiger partial charge in [0.15, 0.2) is 0 Å². The van der Waals surface area contributed by atoms with Crippen molar-refractivity contribution in [2.45, 2.75) is 65.3 Å². The Morgan fingerprint density at radius 2 is 1.77 bits per heavy atom. The number of imide groups is 1. The van der Waals surface area contributed by atoms with Crippen LogP contribution in [-0.4, -0.2) is 61.4 Å². The molecule has 0 unspecified atom stereocenters. The molecule has 10 nitrogen and oxygen atoms in total. The van der Waals surface area contributed by atoms with Crippen molar-refractivity contribution in [2.24, 2.45) is 0 Å². The molecular formula is C29H32BrN5O5. The molecule has 0 radical (unpaired) electrons. The maximum Gasteiger partial charge on any atom is 0.410 e. The fourth-order valence-electron chi connectivity index (χ4n) is 5.00. The first-order chi connectivity index (χ1) is 18.9. The topological polar surface area (TPSA) is 107 Å². The molecule has 11 heteroatoms. The van der Waals surface area contributed by atoms with Crippen molar-refractivity contribution in [1.82, 2.24) is 24.8 Å². The lowest BCUT2D eigenvalue weighted by Crippen LogP contribution is -2.48. The second-order valence-corrected chi connectivity index (χ2v) is 12.1. The van der Waals surface area contributed by atoms with Crippen molar-refractivity contribution in [3.63, 3.8) is 0 Å². The van der Waals surface area contributed by atoms with Crippen LogP contribution in [0.3, 0.4) is 0 Å². The van der Waals surface area contributed by atoms with E-state index in [0.29, 0.717) is 35.5 Å². The van der Waals surface area contributed by atoms with Crippen molar-refractivity contribution >= 4 is 33.8 Å². The monoisotopic (exact) mass is 609 g/mol. The zero-order chi connectivity index (χ0) is 28.8. The van der Waals surface area contributed by atoms with E-state index in [4.69, 9.17) is 9.47 Å². The standard InChI is InChI=1S/C29H32BrN5O5/c1-17(2)35-14-18(31-32-35)16-39-24-11-10-22(30)21-12-13-33(28(38)40-29(3,4)5)23(25(21)24)15-34-26(36)19-8-6-7-9-20(19)27(34)37/h6-11,14,17,23H,12-13,15-16H2,1-5H3/t23-/m1/s1. The van der Waals surface area contributed by atoms with E-state index in [0.717, 1.165) is 15.6 Å². The molecule has 0 saturated heterocycles. The first-order valence-corrected chi connectivity index (χ1v) is 14.0. The van der Waals surface area contributed by atoms with E-state index in [1.807, 2.05) is 32.2 Å². The summed E-state index contributed by atoms with van der Waals surface area (Å²) in [5.74, 6) is -0.244. The summed E-state index contributed by atoms with van der Waals surface area (Å²) in [5.41, 5.74) is 2.31. The van der Waals surface area contributed by atoms with Crippen LogP contribution < -0.4 is 4.74 Å². The van der Waals surface area contributed by atoms with Gasteiger partial charge >= 0.3 is 6.09 Å². The van der Waals surface area contributed by atoms with Crippen LogP contribution in [0, 0.1) is 0 Å². The molecule has 0 N–H and O–H groups in total. The Hall–Kier alpha value is -3.73. The van der Waals surface area contributed by atoms with Gasteiger partial charge in [0.1, 0.15) is 23.7 Å². The molecule has 3 aromatic rings. The molecule has 2 aliphatic heterocycles. The van der Waals surface area contributed by atoms with Crippen LogP contribution in [-0.2, 0) is 17.8 Å². The molecule has 1 aromatic heterocycles. The Bertz CT molecular complexity index is 1440. The van der Waals surface area contributed by atoms with Crippen molar-refractivity contribution < 1.29 is 23.9 Å². The molecule has 40 heavy (non-hydrogen) atoms. The number of fused-ring (bicyclic) bond motifs is 2. The maximum atomic E-state index is 13.5. The second-order valence-electron chi connectivity index (χ2n) is 11.2. The number of benzene rings is 2. The van der Waals surface area contributed by atoms with Crippen molar-refractivity contribution in [1.29, 1.82) is 0 Å². The third kappa shape index (κ3) is 5.34. The number of ether oxygens (including phenoxy) is 2. The molecule has 0 saturated carbocycles. The molecular weight excluding hydrogens is 578 g/mol. The van der Waals surface area contributed by atoms with Crippen LogP contribution in [0.5, 0.6) is 5.75 Å². The number of aromatic nitrogens is 3. The quantitative estimate of drug-likeness (QED) is 0.348. The molecule has 0 bridgehead atoms. The first kappa shape index (κ1) is 27.8. The minimum absolute atomic E-state index is 0.0467. The lowest BCUT2D eigenvalue weighted by Gasteiger charge is -2.40. The average Bonchev–Trinajstić information content (AvgIpc) is 3.47. The Morgan fingerprint density at radius 3 is 2.38 bits per heavy atom. The van der Waals surface area contributed by atoms with Gasteiger partial charge in [-0.3, -0.25) is 19.4 Å². The van der Waals surface area contributed by atoms with E-state index in [-0.39, 0.29) is 31.0 Å². The zero-order valence-electron chi connectivity index (χ0n) is 23.2. The summed E-state index contributed by atoms with van der Waals surface area (Å²) in [4.78, 5) is 42.9. The van der Waals surface area contributed by atoms with E-state index in [2.05, 4.69) is 26.2 Å². The van der Waals surface area contributed by atoms with Crippen LogP contribution in [0.4, 0.5) is 4.79 Å². The summed E-state index contributed by atoms with van der Waals surface area (Å²) in [7, 11) is 0. The lowest BCUT2D eigenvalue weighted by atomic mass is 9.91. The summed E-state index contributed by atoms with van der Waals surface area (Å²) < 4.78 is 14.6. The highest BCUT2D eigenvalue weighted by Crippen LogP contribution is 2.42. The number of amides is 3. The zero-order valence-corrected chi connectivity index (χ0v) is 24.8. The highest BCUT2D eigenvalue weighted by atomic mass is 79.9. The summed E-state index contributed by atoms with van der Waals surface area (Å²) >= 11 is 3.66. The molecule has 0 aliphatic carbocycles. The Balaban J connectivity index is 1.53. The Morgan fingerprint density at radius 1 is 1.10 bits per heavy atom. The highest BCUT2D eigenvalue weighted by Gasteiger charge is 2.42. The molecule has 1 atom stereocenters. The predicted octanol–water partition coefficient (Wildman–Crippen LogP) is 5.33. The third-order valence-electron chi connectivity index (χ3n) is 6.90. The third-order valence-corrected chi connectivity index (χ3v) is 7.64. The fourth-order valence-corrected chi connectivity index (χ4v) is 5.54. The molecule has 210 valence electrons. The number of nitrogens with zero attached hydrogens (tertiary/aromatic N) is 5. The number of carbonyl (C=O) groups excluding carboxylic acids is 3. The first-order valence-electron chi connectivity index (χ1n) is 13.2. The van der Waals surface area contributed by atoms with Crippen LogP contribution in [0.15, 0.2) is 47.1 Å². The summed E-state index contributed by atoms with van der Waals surface area (Å²) in [6, 6.07) is 9.94. The molecule has 5 rings (SSSR count). The minimum Gasteiger partial charge on any atom is -0.487 e. The van der Waals surface area contributed by atoms with Crippen LogP contribution >= 0.6 is 15.9 Å². The molecule has 0 spiro atoms. The number of hydrogen-bond acceptors (Lipinski definition) is 7.